The van der Waals surface area contributed by atoms with E-state index in [1.54, 1.807) is 6.92 Å². The average molecular weight is 162 g/mol. The minimum atomic E-state index is -0.136. The first kappa shape index (κ1) is 8.54. The molecule has 0 aromatic carbocycles. The molecule has 0 spiro atoms. The zero-order valence-corrected chi connectivity index (χ0v) is 7.14. The molecule has 0 bridgehead atoms. The fourth-order valence-electron chi connectivity index (χ4n) is 1.17. The number of rotatable bonds is 1. The Morgan fingerprint density at radius 2 is 2.33 bits per heavy atom. The van der Waals surface area contributed by atoms with Gasteiger partial charge in [0.25, 0.3) is 0 Å². The molecule has 0 aliphatic carbocycles. The largest absolute Gasteiger partial charge is 0.325 e. The first-order valence-corrected chi connectivity index (χ1v) is 3.82. The molecule has 12 heavy (non-hydrogen) atoms. The van der Waals surface area contributed by atoms with Crippen molar-refractivity contribution in [2.45, 2.75) is 20.3 Å². The van der Waals surface area contributed by atoms with E-state index in [0.717, 1.165) is 11.3 Å². The molecule has 1 aromatic rings. The van der Waals surface area contributed by atoms with Gasteiger partial charge >= 0.3 is 0 Å². The summed E-state index contributed by atoms with van der Waals surface area (Å²) in [5.41, 5.74) is 1.93. The Hall–Kier alpha value is -1.56. The molecule has 1 heterocycles. The molecule has 3 nitrogen and oxygen atoms in total. The molecule has 3 heteroatoms. The van der Waals surface area contributed by atoms with Crippen LogP contribution in [0.2, 0.25) is 0 Å². The summed E-state index contributed by atoms with van der Waals surface area (Å²) in [6, 6.07) is 3.51. The lowest BCUT2D eigenvalue weighted by Crippen LogP contribution is -2.10. The molecule has 1 rings (SSSR count). The third-order valence-electron chi connectivity index (χ3n) is 1.78. The van der Waals surface area contributed by atoms with Gasteiger partial charge in [0, 0.05) is 11.8 Å². The molecule has 1 aromatic heterocycles. The highest BCUT2D eigenvalue weighted by atomic mass is 16.1. The number of hydrogen-bond acceptors (Lipinski definition) is 2. The van der Waals surface area contributed by atoms with Gasteiger partial charge in [-0.05, 0) is 18.9 Å². The van der Waals surface area contributed by atoms with Gasteiger partial charge in [0.05, 0.1) is 5.56 Å². The molecule has 1 N–H and O–H groups in total. The van der Waals surface area contributed by atoms with Gasteiger partial charge in [-0.3, -0.25) is 4.79 Å². The van der Waals surface area contributed by atoms with Crippen LogP contribution in [0.1, 0.15) is 23.7 Å². The Bertz CT molecular complexity index is 384. The monoisotopic (exact) mass is 162 g/mol. The standard InChI is InChI=1S/C9H10N2O/c1-3-8-7(5-10)6(2)4-9(12)11-8/h4H,3H2,1-2H3,(H,11,12). The first-order valence-electron chi connectivity index (χ1n) is 3.82. The molecule has 0 unspecified atom stereocenters. The van der Waals surface area contributed by atoms with E-state index in [1.807, 2.05) is 6.92 Å². The van der Waals surface area contributed by atoms with E-state index in [2.05, 4.69) is 11.1 Å². The van der Waals surface area contributed by atoms with E-state index in [0.29, 0.717) is 12.0 Å². The van der Waals surface area contributed by atoms with Crippen LogP contribution in [-0.4, -0.2) is 4.98 Å². The molecular formula is C9H10N2O. The van der Waals surface area contributed by atoms with E-state index in [4.69, 9.17) is 5.26 Å². The summed E-state index contributed by atoms with van der Waals surface area (Å²) in [4.78, 5) is 13.6. The molecule has 62 valence electrons. The quantitative estimate of drug-likeness (QED) is 0.672. The lowest BCUT2D eigenvalue weighted by molar-refractivity contribution is 0.991. The number of aromatic nitrogens is 1. The summed E-state index contributed by atoms with van der Waals surface area (Å²) in [7, 11) is 0. The van der Waals surface area contributed by atoms with Gasteiger partial charge < -0.3 is 4.98 Å². The minimum Gasteiger partial charge on any atom is -0.325 e. The highest BCUT2D eigenvalue weighted by Crippen LogP contribution is 2.07. The first-order chi connectivity index (χ1) is 5.69. The van der Waals surface area contributed by atoms with Crippen molar-refractivity contribution in [1.29, 1.82) is 5.26 Å². The number of nitriles is 1. The molecule has 0 aliphatic rings. The van der Waals surface area contributed by atoms with Crippen LogP contribution in [-0.2, 0) is 6.42 Å². The smallest absolute Gasteiger partial charge is 0.248 e. The van der Waals surface area contributed by atoms with Crippen molar-refractivity contribution in [3.05, 3.63) is 33.2 Å². The van der Waals surface area contributed by atoms with Crippen LogP contribution in [0.25, 0.3) is 0 Å². The number of aryl methyl sites for hydroxylation is 2. The molecule has 0 saturated carbocycles. The Morgan fingerprint density at radius 3 is 2.83 bits per heavy atom. The van der Waals surface area contributed by atoms with Crippen molar-refractivity contribution in [3.8, 4) is 6.07 Å². The third-order valence-corrected chi connectivity index (χ3v) is 1.78. The van der Waals surface area contributed by atoms with Crippen LogP contribution in [0, 0.1) is 18.3 Å². The van der Waals surface area contributed by atoms with Gasteiger partial charge in [0.2, 0.25) is 5.56 Å². The van der Waals surface area contributed by atoms with Gasteiger partial charge in [-0.1, -0.05) is 6.92 Å². The van der Waals surface area contributed by atoms with Crippen molar-refractivity contribution >= 4 is 0 Å². The number of H-pyrrole nitrogens is 1. The molecule has 0 radical (unpaired) electrons. The van der Waals surface area contributed by atoms with Crippen LogP contribution in [0.15, 0.2) is 10.9 Å². The van der Waals surface area contributed by atoms with Crippen molar-refractivity contribution < 1.29 is 0 Å². The van der Waals surface area contributed by atoms with Crippen molar-refractivity contribution in [2.24, 2.45) is 0 Å². The van der Waals surface area contributed by atoms with Crippen molar-refractivity contribution in [2.75, 3.05) is 0 Å². The topological polar surface area (TPSA) is 56.6 Å². The van der Waals surface area contributed by atoms with Gasteiger partial charge in [0.15, 0.2) is 0 Å². The van der Waals surface area contributed by atoms with E-state index in [9.17, 15) is 4.79 Å². The second kappa shape index (κ2) is 3.22. The summed E-state index contributed by atoms with van der Waals surface area (Å²) in [6.07, 6.45) is 0.680. The minimum absolute atomic E-state index is 0.136. The lowest BCUT2D eigenvalue weighted by Gasteiger charge is -2.01. The number of hydrogen-bond donors (Lipinski definition) is 1. The molecule has 0 aliphatic heterocycles. The van der Waals surface area contributed by atoms with E-state index >= 15 is 0 Å². The van der Waals surface area contributed by atoms with Crippen LogP contribution in [0.3, 0.4) is 0 Å². The second-order valence-electron chi connectivity index (χ2n) is 2.64. The Kier molecular flexibility index (Phi) is 2.29. The van der Waals surface area contributed by atoms with Crippen LogP contribution in [0.4, 0.5) is 0 Å². The molecule has 0 saturated heterocycles. The Morgan fingerprint density at radius 1 is 1.67 bits per heavy atom. The zero-order valence-electron chi connectivity index (χ0n) is 7.14. The SMILES string of the molecule is CCc1[nH]c(=O)cc(C)c1C#N. The normalized spacial score (nSPS) is 9.42. The van der Waals surface area contributed by atoms with E-state index < -0.39 is 0 Å². The summed E-state index contributed by atoms with van der Waals surface area (Å²) >= 11 is 0. The molecular weight excluding hydrogens is 152 g/mol. The van der Waals surface area contributed by atoms with Crippen molar-refractivity contribution in [3.63, 3.8) is 0 Å². The maximum atomic E-state index is 11.0. The summed E-state index contributed by atoms with van der Waals surface area (Å²) in [6.45, 7) is 3.68. The maximum Gasteiger partial charge on any atom is 0.248 e. The van der Waals surface area contributed by atoms with Crippen LogP contribution >= 0.6 is 0 Å². The number of pyridine rings is 1. The molecule has 0 amide bonds. The van der Waals surface area contributed by atoms with Gasteiger partial charge in [-0.25, -0.2) is 0 Å². The maximum absolute atomic E-state index is 11.0. The molecule has 0 atom stereocenters. The Balaban J connectivity index is 3.47. The van der Waals surface area contributed by atoms with Crippen LogP contribution in [0.5, 0.6) is 0 Å². The van der Waals surface area contributed by atoms with Crippen molar-refractivity contribution in [1.82, 2.24) is 4.98 Å². The fourth-order valence-corrected chi connectivity index (χ4v) is 1.17. The van der Waals surface area contributed by atoms with Gasteiger partial charge in [0.1, 0.15) is 6.07 Å². The van der Waals surface area contributed by atoms with Gasteiger partial charge in [-0.2, -0.15) is 5.26 Å². The summed E-state index contributed by atoms with van der Waals surface area (Å²) in [5, 5.41) is 8.75. The summed E-state index contributed by atoms with van der Waals surface area (Å²) < 4.78 is 0. The number of aromatic amines is 1. The second-order valence-corrected chi connectivity index (χ2v) is 2.64. The predicted molar refractivity (Wildman–Crippen MR) is 45.9 cm³/mol. The lowest BCUT2D eigenvalue weighted by atomic mass is 10.1. The highest BCUT2D eigenvalue weighted by molar-refractivity contribution is 5.39. The van der Waals surface area contributed by atoms with Crippen LogP contribution < -0.4 is 5.56 Å². The predicted octanol–water partition coefficient (Wildman–Crippen LogP) is 1.12. The number of nitrogens with one attached hydrogen (secondary N) is 1. The Labute approximate surface area is 70.7 Å². The summed E-state index contributed by atoms with van der Waals surface area (Å²) in [5.74, 6) is 0. The van der Waals surface area contributed by atoms with E-state index in [-0.39, 0.29) is 5.56 Å². The molecule has 0 fully saturated rings. The highest BCUT2D eigenvalue weighted by Gasteiger charge is 2.04. The van der Waals surface area contributed by atoms with Gasteiger partial charge in [-0.15, -0.1) is 0 Å². The zero-order chi connectivity index (χ0) is 9.14. The third kappa shape index (κ3) is 1.37. The fraction of sp³-hybridized carbons (Fsp3) is 0.333. The number of nitrogens with zero attached hydrogens (tertiary/aromatic N) is 1. The van der Waals surface area contributed by atoms with E-state index in [1.165, 1.54) is 6.07 Å². The average Bonchev–Trinajstić information content (AvgIpc) is 2.03.